The predicted octanol–water partition coefficient (Wildman–Crippen LogP) is 10.4. The van der Waals surface area contributed by atoms with Crippen molar-refractivity contribution < 1.29 is 47.7 Å². The van der Waals surface area contributed by atoms with E-state index in [1.807, 2.05) is 134 Å². The molecule has 4 aromatic carbocycles. The first-order valence-corrected chi connectivity index (χ1v) is 26.0. The molecule has 4 amide bonds. The van der Waals surface area contributed by atoms with Gasteiger partial charge >= 0.3 is 11.9 Å². The number of aryl methyl sites for hydroxylation is 2. The number of carbonyl (C=O) groups excluding carboxylic acids is 6. The van der Waals surface area contributed by atoms with Crippen molar-refractivity contribution in [2.75, 3.05) is 27.4 Å². The van der Waals surface area contributed by atoms with Crippen LogP contribution >= 0.6 is 0 Å². The number of allylic oxidation sites excluding steroid dienone is 1. The van der Waals surface area contributed by atoms with Gasteiger partial charge in [-0.1, -0.05) is 164 Å². The Hall–Kier alpha value is -6.64. The first-order valence-electron chi connectivity index (χ1n) is 26.0. The molecule has 0 heterocycles. The van der Waals surface area contributed by atoms with Gasteiger partial charge < -0.3 is 40.2 Å². The molecule has 8 atom stereocenters. The molecule has 0 spiro atoms. The summed E-state index contributed by atoms with van der Waals surface area (Å²) >= 11 is 0. The van der Waals surface area contributed by atoms with Crippen LogP contribution in [0, 0.1) is 29.6 Å². The highest BCUT2D eigenvalue weighted by Gasteiger charge is 2.41. The van der Waals surface area contributed by atoms with E-state index in [0.717, 1.165) is 23.1 Å². The molecule has 0 fully saturated rings. The molecule has 0 aliphatic rings. The lowest BCUT2D eigenvalue weighted by atomic mass is 9.84. The first-order chi connectivity index (χ1) is 35.5. The molecule has 4 aromatic rings. The van der Waals surface area contributed by atoms with Crippen molar-refractivity contribution in [1.29, 1.82) is 0 Å². The van der Waals surface area contributed by atoms with Crippen LogP contribution in [-0.4, -0.2) is 87.3 Å². The highest BCUT2D eigenvalue weighted by molar-refractivity contribution is 5.93. The molecule has 14 nitrogen and oxygen atoms in total. The van der Waals surface area contributed by atoms with Crippen molar-refractivity contribution in [1.82, 2.24) is 21.3 Å². The van der Waals surface area contributed by atoms with E-state index in [1.54, 1.807) is 19.9 Å². The second-order valence-electron chi connectivity index (χ2n) is 20.8. The average Bonchev–Trinajstić information content (AvgIpc) is 3.38. The molecule has 4 rings (SSSR count). The van der Waals surface area contributed by atoms with Crippen molar-refractivity contribution in [2.24, 2.45) is 22.7 Å². The van der Waals surface area contributed by atoms with Crippen LogP contribution in [0.25, 0.3) is 11.1 Å². The van der Waals surface area contributed by atoms with Gasteiger partial charge in [0.15, 0.2) is 12.2 Å². The van der Waals surface area contributed by atoms with E-state index in [0.29, 0.717) is 12.8 Å². The van der Waals surface area contributed by atoms with E-state index >= 15 is 0 Å². The topological polar surface area (TPSA) is 187 Å². The standard InChI is InChI=1S/C37H48N2O5.C24H36N2O5.CH4/c1-8-44-32(36(42)43-7)31(21-15-16-27-22-23-30(25(2)24-27)29-19-13-10-14-20-29)34(40)39-33(37(4,5)6)35(41)38-26(3)28-17-11-9-12-18-28;1-8-13-18(19(31-9-2)23(29)30-7)21(27)26-20(24(4,5)6)22(28)25-16(3)17-14-11-10-12-15-17;/h9-14,17-20,22-24,26,31-33H,8,15-16,21H2,1-7H3,(H,38,41)(H,39,40);8,10-12,14-16,18-20H,1,9,13H2,2-7H3,(H,25,28)(H,26,27);1H4/t26?,31-,32?,33-;16?,18-,19?,20-;/m11./s1. The van der Waals surface area contributed by atoms with Crippen molar-refractivity contribution >= 4 is 35.6 Å². The zero-order valence-corrected chi connectivity index (χ0v) is 46.6. The van der Waals surface area contributed by atoms with Gasteiger partial charge in [-0.05, 0) is 105 Å². The van der Waals surface area contributed by atoms with Crippen molar-refractivity contribution in [3.63, 3.8) is 0 Å². The van der Waals surface area contributed by atoms with Crippen LogP contribution in [0.15, 0.2) is 122 Å². The second-order valence-corrected chi connectivity index (χ2v) is 20.8. The molecular weight excluding hydrogens is 961 g/mol. The van der Waals surface area contributed by atoms with Crippen LogP contribution in [0.1, 0.15) is 130 Å². The summed E-state index contributed by atoms with van der Waals surface area (Å²) in [7, 11) is 2.53. The summed E-state index contributed by atoms with van der Waals surface area (Å²) in [6.45, 7) is 24.9. The van der Waals surface area contributed by atoms with Crippen molar-refractivity contribution in [3.8, 4) is 11.1 Å². The maximum Gasteiger partial charge on any atom is 0.335 e. The van der Waals surface area contributed by atoms with Gasteiger partial charge in [0.25, 0.3) is 0 Å². The summed E-state index contributed by atoms with van der Waals surface area (Å²) in [5.41, 5.74) is 5.44. The number of esters is 2. The van der Waals surface area contributed by atoms with E-state index in [4.69, 9.17) is 18.9 Å². The van der Waals surface area contributed by atoms with Gasteiger partial charge in [-0.2, -0.15) is 0 Å². The molecule has 76 heavy (non-hydrogen) atoms. The van der Waals surface area contributed by atoms with E-state index in [2.05, 4.69) is 65.1 Å². The van der Waals surface area contributed by atoms with E-state index < -0.39 is 70.7 Å². The normalized spacial score (nSPS) is 14.4. The molecule has 0 radical (unpaired) electrons. The van der Waals surface area contributed by atoms with Crippen LogP contribution < -0.4 is 21.3 Å². The molecule has 4 N–H and O–H groups in total. The minimum atomic E-state index is -1.08. The summed E-state index contributed by atoms with van der Waals surface area (Å²) in [5.74, 6) is -4.42. The third-order valence-corrected chi connectivity index (χ3v) is 12.9. The number of carbonyl (C=O) groups is 6. The Balaban J connectivity index is 0.000000546. The van der Waals surface area contributed by atoms with Crippen LogP contribution in [0.4, 0.5) is 0 Å². The summed E-state index contributed by atoms with van der Waals surface area (Å²) in [6, 6.07) is 33.8. The third-order valence-electron chi connectivity index (χ3n) is 12.9. The van der Waals surface area contributed by atoms with Gasteiger partial charge in [0.05, 0.1) is 38.1 Å². The van der Waals surface area contributed by atoms with Gasteiger partial charge in [0.1, 0.15) is 12.1 Å². The lowest BCUT2D eigenvalue weighted by Gasteiger charge is -2.33. The van der Waals surface area contributed by atoms with Crippen LogP contribution in [0.2, 0.25) is 0 Å². The quantitative estimate of drug-likeness (QED) is 0.0367. The molecule has 14 heteroatoms. The van der Waals surface area contributed by atoms with Gasteiger partial charge in [-0.3, -0.25) is 19.2 Å². The van der Waals surface area contributed by atoms with E-state index in [-0.39, 0.29) is 51.0 Å². The van der Waals surface area contributed by atoms with Crippen LogP contribution in [-0.2, 0) is 54.1 Å². The fourth-order valence-electron chi connectivity index (χ4n) is 8.70. The summed E-state index contributed by atoms with van der Waals surface area (Å²) in [5, 5.41) is 11.8. The number of amides is 4. The smallest absolute Gasteiger partial charge is 0.335 e. The molecule has 0 saturated carbocycles. The molecule has 0 bridgehead atoms. The van der Waals surface area contributed by atoms with Crippen molar-refractivity contribution in [3.05, 3.63) is 144 Å². The van der Waals surface area contributed by atoms with E-state index in [9.17, 15) is 28.8 Å². The Morgan fingerprint density at radius 2 is 0.987 bits per heavy atom. The summed E-state index contributed by atoms with van der Waals surface area (Å²) in [6.07, 6.45) is 1.31. The fraction of sp³-hybridized carbons (Fsp3) is 0.484. The largest absolute Gasteiger partial charge is 0.467 e. The van der Waals surface area contributed by atoms with Gasteiger partial charge in [-0.15, -0.1) is 6.58 Å². The molecule has 416 valence electrons. The second kappa shape index (κ2) is 32.1. The van der Waals surface area contributed by atoms with Crippen molar-refractivity contribution in [2.45, 2.75) is 146 Å². The van der Waals surface area contributed by atoms with Gasteiger partial charge in [0.2, 0.25) is 23.6 Å². The Kier molecular flexibility index (Phi) is 27.6. The lowest BCUT2D eigenvalue weighted by Crippen LogP contribution is -2.56. The zero-order valence-electron chi connectivity index (χ0n) is 46.6. The monoisotopic (exact) mass is 1050 g/mol. The molecule has 0 aliphatic carbocycles. The first kappa shape index (κ1) is 65.5. The van der Waals surface area contributed by atoms with Gasteiger partial charge in [0, 0.05) is 13.2 Å². The highest BCUT2D eigenvalue weighted by Crippen LogP contribution is 2.28. The Morgan fingerprint density at radius 1 is 0.579 bits per heavy atom. The Labute approximate surface area is 453 Å². The minimum absolute atomic E-state index is 0. The number of ether oxygens (including phenoxy) is 4. The maximum atomic E-state index is 13.9. The predicted molar refractivity (Wildman–Crippen MR) is 302 cm³/mol. The Bertz CT molecular complexity index is 2430. The number of methoxy groups -OCH3 is 2. The molecule has 0 saturated heterocycles. The van der Waals surface area contributed by atoms with E-state index in [1.165, 1.54) is 30.9 Å². The van der Waals surface area contributed by atoms with Gasteiger partial charge in [-0.25, -0.2) is 9.59 Å². The minimum Gasteiger partial charge on any atom is -0.467 e. The zero-order chi connectivity index (χ0) is 55.9. The number of hydrogen-bond acceptors (Lipinski definition) is 10. The number of rotatable bonds is 25. The molecular formula is C62H88N4O10. The number of nitrogens with one attached hydrogen (secondary N) is 4. The average molecular weight is 1050 g/mol. The highest BCUT2D eigenvalue weighted by atomic mass is 16.6. The lowest BCUT2D eigenvalue weighted by molar-refractivity contribution is -0.162. The SMILES string of the molecule is C.C=CC[C@@H](C(=O)N[C@H](C(=O)NC(C)c1ccccc1)C(C)(C)C)C(OCC)C(=O)OC.CCOC(C(=O)OC)[C@@H](CCCc1ccc(-c2ccccc2)c(C)c1)C(=O)N[C@H](C(=O)NC(C)c1ccccc1)C(C)(C)C. The molecule has 0 aliphatic heterocycles. The summed E-state index contributed by atoms with van der Waals surface area (Å²) in [4.78, 5) is 78.7. The molecule has 0 aromatic heterocycles. The number of hydrogen-bond donors (Lipinski definition) is 4. The fourth-order valence-corrected chi connectivity index (χ4v) is 8.70. The molecule has 4 unspecified atom stereocenters. The van der Waals surface area contributed by atoms with Crippen LogP contribution in [0.3, 0.4) is 0 Å². The van der Waals surface area contributed by atoms with Crippen LogP contribution in [0.5, 0.6) is 0 Å². The summed E-state index contributed by atoms with van der Waals surface area (Å²) < 4.78 is 21.1. The third kappa shape index (κ3) is 20.1. The Morgan fingerprint density at radius 3 is 1.37 bits per heavy atom. The number of benzene rings is 4. The maximum absolute atomic E-state index is 13.9.